The molecule has 1 nitrogen and oxygen atoms in total. The molecule has 0 amide bonds. The summed E-state index contributed by atoms with van der Waals surface area (Å²) < 4.78 is 0. The molecule has 0 aliphatic heterocycles. The van der Waals surface area contributed by atoms with E-state index in [-0.39, 0.29) is 31.9 Å². The smallest absolute Gasteiger partial charge is 0.0104 e. The summed E-state index contributed by atoms with van der Waals surface area (Å²) >= 11 is 0. The largest absolute Gasteiger partial charge is 0.327 e. The van der Waals surface area contributed by atoms with Crippen molar-refractivity contribution < 1.29 is 19.5 Å². The van der Waals surface area contributed by atoms with Crippen LogP contribution in [-0.4, -0.2) is 6.54 Å². The van der Waals surface area contributed by atoms with Crippen molar-refractivity contribution in [1.29, 1.82) is 0 Å². The average Bonchev–Trinajstić information content (AvgIpc) is 1.37. The van der Waals surface area contributed by atoms with E-state index in [9.17, 15) is 0 Å². The molecule has 2 N–H and O–H groups in total. The topological polar surface area (TPSA) is 26.0 Å². The minimum atomic E-state index is 0. The molecule has 0 heterocycles. The van der Waals surface area contributed by atoms with Crippen LogP contribution in [-0.2, 0) is 19.5 Å². The zero-order valence-corrected chi connectivity index (χ0v) is 7.47. The number of hydrogen-bond acceptors (Lipinski definition) is 1. The maximum absolute atomic E-state index is 4.91. The Morgan fingerprint density at radius 3 is 1.83 bits per heavy atom. The van der Waals surface area contributed by atoms with E-state index in [0.717, 1.165) is 0 Å². The Bertz CT molecular complexity index is 24.8. The van der Waals surface area contributed by atoms with E-state index >= 15 is 0 Å². The molecule has 0 aromatic rings. The SMILES string of the molecule is C=CCN.Cl.[Zn]. The van der Waals surface area contributed by atoms with E-state index in [1.807, 2.05) is 0 Å². The molecule has 6 heavy (non-hydrogen) atoms. The molecule has 0 atom stereocenters. The summed E-state index contributed by atoms with van der Waals surface area (Å²) in [6, 6.07) is 0. The quantitative estimate of drug-likeness (QED) is 0.438. The predicted molar refractivity (Wildman–Crippen MR) is 26.5 cm³/mol. The van der Waals surface area contributed by atoms with Gasteiger partial charge >= 0.3 is 0 Å². The second kappa shape index (κ2) is 17.5. The second-order valence-electron chi connectivity index (χ2n) is 0.524. The molecule has 0 saturated carbocycles. The first-order chi connectivity index (χ1) is 1.91. The fourth-order valence-electron chi connectivity index (χ4n) is 0. The van der Waals surface area contributed by atoms with Gasteiger partial charge in [-0.3, -0.25) is 0 Å². The van der Waals surface area contributed by atoms with Crippen molar-refractivity contribution in [3.05, 3.63) is 12.7 Å². The maximum atomic E-state index is 4.91. The van der Waals surface area contributed by atoms with Gasteiger partial charge in [-0.05, 0) is 0 Å². The zero-order valence-electron chi connectivity index (χ0n) is 3.68. The molecule has 0 spiro atoms. The molecule has 0 aromatic carbocycles. The Morgan fingerprint density at radius 1 is 1.67 bits per heavy atom. The molecule has 0 fully saturated rings. The van der Waals surface area contributed by atoms with Gasteiger partial charge in [0.15, 0.2) is 0 Å². The normalized spacial score (nSPS) is 4.17. The van der Waals surface area contributed by atoms with Crippen LogP contribution in [0.15, 0.2) is 12.7 Å². The van der Waals surface area contributed by atoms with Gasteiger partial charge in [-0.15, -0.1) is 19.0 Å². The monoisotopic (exact) mass is 157 g/mol. The van der Waals surface area contributed by atoms with Crippen LogP contribution in [0.1, 0.15) is 0 Å². The van der Waals surface area contributed by atoms with Gasteiger partial charge in [0, 0.05) is 26.0 Å². The number of nitrogens with two attached hydrogens (primary N) is 1. The molecular weight excluding hydrogens is 151 g/mol. The molecule has 0 unspecified atom stereocenters. The Balaban J connectivity index is -0.0000000450. The first-order valence-electron chi connectivity index (χ1n) is 1.22. The summed E-state index contributed by atoms with van der Waals surface area (Å²) in [5.74, 6) is 0. The number of halogens is 1. The van der Waals surface area contributed by atoms with Crippen molar-refractivity contribution in [3.63, 3.8) is 0 Å². The van der Waals surface area contributed by atoms with Crippen molar-refractivity contribution in [3.8, 4) is 0 Å². The Morgan fingerprint density at radius 2 is 1.83 bits per heavy atom. The fraction of sp³-hybridized carbons (Fsp3) is 0.333. The van der Waals surface area contributed by atoms with Gasteiger partial charge < -0.3 is 5.73 Å². The predicted octanol–water partition coefficient (Wildman–Crippen LogP) is 0.550. The van der Waals surface area contributed by atoms with Crippen LogP contribution in [0.2, 0.25) is 0 Å². The Kier molecular flexibility index (Phi) is 46.5. The standard InChI is InChI=1S/C3H7N.ClH.Zn/c1-2-3-4;;/h2H,1,3-4H2;1H;. The van der Waals surface area contributed by atoms with E-state index in [1.54, 1.807) is 6.08 Å². The Labute approximate surface area is 57.2 Å². The van der Waals surface area contributed by atoms with E-state index in [2.05, 4.69) is 6.58 Å². The minimum Gasteiger partial charge on any atom is -0.327 e. The molecule has 0 bridgehead atoms. The summed E-state index contributed by atoms with van der Waals surface area (Å²) in [4.78, 5) is 0. The summed E-state index contributed by atoms with van der Waals surface area (Å²) in [6.07, 6.45) is 1.65. The summed E-state index contributed by atoms with van der Waals surface area (Å²) in [7, 11) is 0. The van der Waals surface area contributed by atoms with Gasteiger partial charge in [0.1, 0.15) is 0 Å². The van der Waals surface area contributed by atoms with E-state index < -0.39 is 0 Å². The third-order valence-corrected chi connectivity index (χ3v) is 0.167. The fourth-order valence-corrected chi connectivity index (χ4v) is 0. The Hall–Kier alpha value is 0.613. The van der Waals surface area contributed by atoms with Gasteiger partial charge in [-0.1, -0.05) is 6.08 Å². The summed E-state index contributed by atoms with van der Waals surface area (Å²) in [5, 5.41) is 0. The van der Waals surface area contributed by atoms with Gasteiger partial charge in [0.25, 0.3) is 0 Å². The van der Waals surface area contributed by atoms with Crippen LogP contribution in [0.4, 0.5) is 0 Å². The molecule has 3 heteroatoms. The first-order valence-corrected chi connectivity index (χ1v) is 1.22. The zero-order chi connectivity index (χ0) is 3.41. The molecule has 0 rings (SSSR count). The van der Waals surface area contributed by atoms with Gasteiger partial charge in [-0.2, -0.15) is 0 Å². The van der Waals surface area contributed by atoms with Crippen LogP contribution in [0, 0.1) is 0 Å². The molecule has 0 radical (unpaired) electrons. The van der Waals surface area contributed by atoms with Crippen LogP contribution in [0.3, 0.4) is 0 Å². The van der Waals surface area contributed by atoms with Gasteiger partial charge in [0.2, 0.25) is 0 Å². The molecular formula is C3H8ClNZn. The molecule has 34 valence electrons. The summed E-state index contributed by atoms with van der Waals surface area (Å²) in [6.45, 7) is 3.94. The summed E-state index contributed by atoms with van der Waals surface area (Å²) in [5.41, 5.74) is 4.91. The average molecular weight is 159 g/mol. The van der Waals surface area contributed by atoms with E-state index in [4.69, 9.17) is 5.73 Å². The third kappa shape index (κ3) is 23.1. The second-order valence-corrected chi connectivity index (χ2v) is 0.524. The van der Waals surface area contributed by atoms with E-state index in [0.29, 0.717) is 6.54 Å². The van der Waals surface area contributed by atoms with Crippen molar-refractivity contribution in [1.82, 2.24) is 0 Å². The third-order valence-electron chi connectivity index (χ3n) is 0.167. The minimum absolute atomic E-state index is 0. The van der Waals surface area contributed by atoms with Crippen molar-refractivity contribution >= 4 is 12.4 Å². The number of rotatable bonds is 1. The van der Waals surface area contributed by atoms with Crippen LogP contribution in [0.5, 0.6) is 0 Å². The van der Waals surface area contributed by atoms with Crippen LogP contribution >= 0.6 is 12.4 Å². The van der Waals surface area contributed by atoms with Crippen molar-refractivity contribution in [2.45, 2.75) is 0 Å². The van der Waals surface area contributed by atoms with Crippen molar-refractivity contribution in [2.24, 2.45) is 5.73 Å². The van der Waals surface area contributed by atoms with Crippen LogP contribution < -0.4 is 5.73 Å². The van der Waals surface area contributed by atoms with E-state index in [1.165, 1.54) is 0 Å². The van der Waals surface area contributed by atoms with Crippen LogP contribution in [0.25, 0.3) is 0 Å². The molecule has 0 aliphatic rings. The van der Waals surface area contributed by atoms with Gasteiger partial charge in [-0.25, -0.2) is 0 Å². The molecule has 0 saturated heterocycles. The first kappa shape index (κ1) is 16.0. The molecule has 0 aliphatic carbocycles. The molecule has 0 aromatic heterocycles. The number of hydrogen-bond donors (Lipinski definition) is 1. The maximum Gasteiger partial charge on any atom is 0.0104 e. The van der Waals surface area contributed by atoms with Crippen molar-refractivity contribution in [2.75, 3.05) is 6.54 Å². The van der Waals surface area contributed by atoms with Gasteiger partial charge in [0.05, 0.1) is 0 Å².